The van der Waals surface area contributed by atoms with Crippen molar-refractivity contribution in [2.24, 2.45) is 0 Å². The van der Waals surface area contributed by atoms with Crippen LogP contribution in [0.15, 0.2) is 12.3 Å². The fourth-order valence-electron chi connectivity index (χ4n) is 1.24. The maximum atomic E-state index is 10.9. The maximum Gasteiger partial charge on any atom is 0.335 e. The number of carbonyl (C=O) groups excluding carboxylic acids is 1. The first-order valence-corrected chi connectivity index (χ1v) is 4.45. The Hall–Kier alpha value is -1.36. The first kappa shape index (κ1) is 10.7. The molecular weight excluding hydrogens is 184 g/mol. The molecule has 0 aliphatic heterocycles. The van der Waals surface area contributed by atoms with Gasteiger partial charge in [-0.1, -0.05) is 0 Å². The molecule has 0 spiro atoms. The molecule has 0 radical (unpaired) electrons. The number of rotatable bonds is 4. The van der Waals surface area contributed by atoms with E-state index in [2.05, 4.69) is 9.84 Å². The second-order valence-electron chi connectivity index (χ2n) is 2.88. The molecule has 1 aromatic rings. The monoisotopic (exact) mass is 198 g/mol. The Bertz CT molecular complexity index is 309. The number of hydrogen-bond donors (Lipinski definition) is 1. The van der Waals surface area contributed by atoms with E-state index in [-0.39, 0.29) is 6.42 Å². The zero-order chi connectivity index (χ0) is 10.6. The molecule has 0 bridgehead atoms. The molecule has 0 saturated heterocycles. The Morgan fingerprint density at radius 2 is 2.50 bits per heavy atom. The molecule has 1 atom stereocenters. The number of aliphatic hydroxyl groups excluding tert-OH is 1. The summed E-state index contributed by atoms with van der Waals surface area (Å²) >= 11 is 0. The summed E-state index contributed by atoms with van der Waals surface area (Å²) < 4.78 is 6.14. The summed E-state index contributed by atoms with van der Waals surface area (Å²) in [5.74, 6) is -0.617. The van der Waals surface area contributed by atoms with E-state index in [1.54, 1.807) is 16.9 Å². The number of ether oxygens (including phenoxy) is 1. The molecule has 0 aromatic carbocycles. The summed E-state index contributed by atoms with van der Waals surface area (Å²) in [4.78, 5) is 10.9. The summed E-state index contributed by atoms with van der Waals surface area (Å²) in [6.45, 7) is 2.66. The first-order valence-electron chi connectivity index (χ1n) is 4.45. The molecule has 0 aliphatic carbocycles. The van der Waals surface area contributed by atoms with Crippen molar-refractivity contribution in [1.82, 2.24) is 9.78 Å². The molecule has 0 fully saturated rings. The highest BCUT2D eigenvalue weighted by atomic mass is 16.5. The zero-order valence-corrected chi connectivity index (χ0v) is 8.30. The van der Waals surface area contributed by atoms with Gasteiger partial charge in [0.1, 0.15) is 0 Å². The van der Waals surface area contributed by atoms with Gasteiger partial charge in [-0.25, -0.2) is 4.79 Å². The number of methoxy groups -OCH3 is 1. The molecule has 14 heavy (non-hydrogen) atoms. The van der Waals surface area contributed by atoms with E-state index in [1.165, 1.54) is 7.11 Å². The Morgan fingerprint density at radius 3 is 3.07 bits per heavy atom. The summed E-state index contributed by atoms with van der Waals surface area (Å²) in [5, 5.41) is 13.4. The van der Waals surface area contributed by atoms with E-state index in [4.69, 9.17) is 0 Å². The molecule has 0 aliphatic rings. The lowest BCUT2D eigenvalue weighted by Gasteiger charge is -2.09. The zero-order valence-electron chi connectivity index (χ0n) is 8.30. The van der Waals surface area contributed by atoms with Gasteiger partial charge in [-0.3, -0.25) is 4.68 Å². The van der Waals surface area contributed by atoms with Gasteiger partial charge in [0.2, 0.25) is 0 Å². The van der Waals surface area contributed by atoms with E-state index in [0.717, 1.165) is 12.2 Å². The average Bonchev–Trinajstić information content (AvgIpc) is 2.63. The molecule has 1 aromatic heterocycles. The molecule has 1 N–H and O–H groups in total. The molecular formula is C9H14N2O3. The molecule has 1 unspecified atom stereocenters. The maximum absolute atomic E-state index is 10.9. The minimum absolute atomic E-state index is 0.237. The predicted molar refractivity (Wildman–Crippen MR) is 49.6 cm³/mol. The minimum Gasteiger partial charge on any atom is -0.467 e. The Kier molecular flexibility index (Phi) is 3.64. The number of nitrogens with zero attached hydrogens (tertiary/aromatic N) is 2. The van der Waals surface area contributed by atoms with Crippen molar-refractivity contribution in [1.29, 1.82) is 0 Å². The Balaban J connectivity index is 2.64. The predicted octanol–water partition coefficient (Wildman–Crippen LogP) is -0.0206. The van der Waals surface area contributed by atoms with Crippen molar-refractivity contribution in [3.8, 4) is 0 Å². The quantitative estimate of drug-likeness (QED) is 0.690. The van der Waals surface area contributed by atoms with Crippen molar-refractivity contribution >= 4 is 5.97 Å². The van der Waals surface area contributed by atoms with Crippen LogP contribution in [0.3, 0.4) is 0 Å². The summed E-state index contributed by atoms with van der Waals surface area (Å²) in [7, 11) is 1.25. The average molecular weight is 198 g/mol. The van der Waals surface area contributed by atoms with Crippen LogP contribution in [-0.2, 0) is 22.5 Å². The number of aryl methyl sites for hydroxylation is 1. The van der Waals surface area contributed by atoms with E-state index in [0.29, 0.717) is 0 Å². The van der Waals surface area contributed by atoms with Crippen LogP contribution in [0.2, 0.25) is 0 Å². The van der Waals surface area contributed by atoms with E-state index in [1.807, 2.05) is 6.92 Å². The van der Waals surface area contributed by atoms with Crippen LogP contribution < -0.4 is 0 Å². The third-order valence-electron chi connectivity index (χ3n) is 1.98. The largest absolute Gasteiger partial charge is 0.467 e. The van der Waals surface area contributed by atoms with E-state index >= 15 is 0 Å². The van der Waals surface area contributed by atoms with Gasteiger partial charge in [0.25, 0.3) is 0 Å². The summed E-state index contributed by atoms with van der Waals surface area (Å²) in [6, 6.07) is 1.77. The number of aliphatic hydroxyl groups is 1. The molecule has 5 heteroatoms. The van der Waals surface area contributed by atoms with E-state index < -0.39 is 12.1 Å². The molecule has 1 rings (SSSR count). The van der Waals surface area contributed by atoms with Gasteiger partial charge in [-0.05, 0) is 13.0 Å². The third-order valence-corrected chi connectivity index (χ3v) is 1.98. The molecule has 5 nitrogen and oxygen atoms in total. The smallest absolute Gasteiger partial charge is 0.335 e. The van der Waals surface area contributed by atoms with Crippen molar-refractivity contribution in [3.63, 3.8) is 0 Å². The van der Waals surface area contributed by atoms with Crippen LogP contribution in [0, 0.1) is 0 Å². The van der Waals surface area contributed by atoms with Crippen molar-refractivity contribution < 1.29 is 14.6 Å². The highest BCUT2D eigenvalue weighted by molar-refractivity contribution is 5.74. The van der Waals surface area contributed by atoms with Gasteiger partial charge in [0.15, 0.2) is 6.10 Å². The Labute approximate surface area is 82.3 Å². The highest BCUT2D eigenvalue weighted by Gasteiger charge is 2.17. The van der Waals surface area contributed by atoms with Crippen molar-refractivity contribution in [2.75, 3.05) is 7.11 Å². The van der Waals surface area contributed by atoms with Gasteiger partial charge in [-0.15, -0.1) is 0 Å². The second kappa shape index (κ2) is 4.76. The van der Waals surface area contributed by atoms with Gasteiger partial charge >= 0.3 is 5.97 Å². The normalized spacial score (nSPS) is 12.5. The van der Waals surface area contributed by atoms with Crippen LogP contribution in [-0.4, -0.2) is 34.1 Å². The lowest BCUT2D eigenvalue weighted by molar-refractivity contribution is -0.150. The van der Waals surface area contributed by atoms with Crippen LogP contribution in [0.1, 0.15) is 12.6 Å². The van der Waals surface area contributed by atoms with Crippen LogP contribution in [0.4, 0.5) is 0 Å². The standard InChI is InChI=1S/C9H14N2O3/c1-3-11-7(4-5-10-11)6-8(12)9(13)14-2/h4-5,8,12H,3,6H2,1-2H3. The second-order valence-corrected chi connectivity index (χ2v) is 2.88. The number of aromatic nitrogens is 2. The third kappa shape index (κ3) is 2.32. The fraction of sp³-hybridized carbons (Fsp3) is 0.556. The SMILES string of the molecule is CCn1nccc1CC(O)C(=O)OC. The summed E-state index contributed by atoms with van der Waals surface area (Å²) in [5.41, 5.74) is 0.824. The molecule has 1 heterocycles. The molecule has 0 saturated carbocycles. The number of carbonyl (C=O) groups is 1. The fourth-order valence-corrected chi connectivity index (χ4v) is 1.24. The van der Waals surface area contributed by atoms with Crippen molar-refractivity contribution in [3.05, 3.63) is 18.0 Å². The lowest BCUT2D eigenvalue weighted by atomic mass is 10.2. The van der Waals surface area contributed by atoms with Crippen LogP contribution >= 0.6 is 0 Å². The summed E-state index contributed by atoms with van der Waals surface area (Å²) in [6.07, 6.45) is 0.769. The highest BCUT2D eigenvalue weighted by Crippen LogP contribution is 2.04. The van der Waals surface area contributed by atoms with Gasteiger partial charge in [0, 0.05) is 24.9 Å². The van der Waals surface area contributed by atoms with Gasteiger partial charge < -0.3 is 9.84 Å². The number of esters is 1. The first-order chi connectivity index (χ1) is 6.69. The minimum atomic E-state index is -1.11. The van der Waals surface area contributed by atoms with Gasteiger partial charge in [0.05, 0.1) is 7.11 Å². The molecule has 0 amide bonds. The van der Waals surface area contributed by atoms with E-state index in [9.17, 15) is 9.90 Å². The Morgan fingerprint density at radius 1 is 1.79 bits per heavy atom. The van der Waals surface area contributed by atoms with Crippen LogP contribution in [0.25, 0.3) is 0 Å². The van der Waals surface area contributed by atoms with Gasteiger partial charge in [-0.2, -0.15) is 5.10 Å². The van der Waals surface area contributed by atoms with Crippen molar-refractivity contribution in [2.45, 2.75) is 26.0 Å². The van der Waals surface area contributed by atoms with Crippen LogP contribution in [0.5, 0.6) is 0 Å². The topological polar surface area (TPSA) is 64.3 Å². The molecule has 78 valence electrons. The lowest BCUT2D eigenvalue weighted by Crippen LogP contribution is -2.25. The number of hydrogen-bond acceptors (Lipinski definition) is 4.